The molecule has 1 aromatic rings. The lowest BCUT2D eigenvalue weighted by Gasteiger charge is -2.26. The van der Waals surface area contributed by atoms with Crippen molar-refractivity contribution in [3.05, 3.63) is 15.9 Å². The first kappa shape index (κ1) is 16.0. The van der Waals surface area contributed by atoms with Crippen molar-refractivity contribution in [3.63, 3.8) is 0 Å². The van der Waals surface area contributed by atoms with Crippen LogP contribution in [-0.4, -0.2) is 16.3 Å². The maximum atomic E-state index is 4.54. The Morgan fingerprint density at radius 1 is 1.30 bits per heavy atom. The van der Waals surface area contributed by atoms with Crippen molar-refractivity contribution in [1.82, 2.24) is 15.1 Å². The molecule has 1 aliphatic carbocycles. The molecule has 1 N–H and O–H groups in total. The fraction of sp³-hybridized carbons (Fsp3) is 0.812. The van der Waals surface area contributed by atoms with Gasteiger partial charge in [-0.2, -0.15) is 5.10 Å². The highest BCUT2D eigenvalue weighted by molar-refractivity contribution is 9.10. The van der Waals surface area contributed by atoms with Crippen molar-refractivity contribution in [3.8, 4) is 0 Å². The van der Waals surface area contributed by atoms with E-state index in [1.54, 1.807) is 0 Å². The molecular formula is C16H28BrN3. The van der Waals surface area contributed by atoms with Gasteiger partial charge in [-0.3, -0.25) is 4.68 Å². The van der Waals surface area contributed by atoms with Crippen molar-refractivity contribution in [2.45, 2.75) is 66.0 Å². The number of aromatic nitrogens is 2. The van der Waals surface area contributed by atoms with Gasteiger partial charge in [0, 0.05) is 13.1 Å². The van der Waals surface area contributed by atoms with Crippen LogP contribution in [0.4, 0.5) is 0 Å². The van der Waals surface area contributed by atoms with E-state index >= 15 is 0 Å². The average Bonchev–Trinajstić information content (AvgIpc) is 2.72. The largest absolute Gasteiger partial charge is 0.311 e. The Morgan fingerprint density at radius 2 is 2.00 bits per heavy atom. The summed E-state index contributed by atoms with van der Waals surface area (Å²) in [6.07, 6.45) is 7.04. The summed E-state index contributed by atoms with van der Waals surface area (Å²) in [6.45, 7) is 9.57. The lowest BCUT2D eigenvalue weighted by molar-refractivity contribution is 0.275. The molecule has 0 aliphatic heterocycles. The van der Waals surface area contributed by atoms with Crippen LogP contribution >= 0.6 is 15.9 Å². The monoisotopic (exact) mass is 341 g/mol. The number of nitrogens with zero attached hydrogens (tertiary/aromatic N) is 2. The number of aryl methyl sites for hydroxylation is 2. The first-order valence-electron chi connectivity index (χ1n) is 8.04. The zero-order valence-electron chi connectivity index (χ0n) is 13.1. The summed E-state index contributed by atoms with van der Waals surface area (Å²) in [6, 6.07) is 0. The van der Waals surface area contributed by atoms with Gasteiger partial charge in [0.1, 0.15) is 0 Å². The van der Waals surface area contributed by atoms with Gasteiger partial charge in [-0.25, -0.2) is 0 Å². The summed E-state index contributed by atoms with van der Waals surface area (Å²) in [7, 11) is 0. The molecule has 0 amide bonds. The Balaban J connectivity index is 1.73. The second-order valence-electron chi connectivity index (χ2n) is 6.25. The van der Waals surface area contributed by atoms with Gasteiger partial charge in [-0.15, -0.1) is 0 Å². The summed E-state index contributed by atoms with van der Waals surface area (Å²) < 4.78 is 3.26. The fourth-order valence-electron chi connectivity index (χ4n) is 3.17. The van der Waals surface area contributed by atoms with Gasteiger partial charge in [0.05, 0.1) is 15.9 Å². The molecule has 0 radical (unpaired) electrons. The van der Waals surface area contributed by atoms with Crippen LogP contribution < -0.4 is 5.32 Å². The van der Waals surface area contributed by atoms with E-state index in [4.69, 9.17) is 0 Å². The van der Waals surface area contributed by atoms with Gasteiger partial charge in [-0.05, 0) is 54.6 Å². The molecule has 1 heterocycles. The molecule has 0 saturated heterocycles. The fourth-order valence-corrected chi connectivity index (χ4v) is 3.59. The first-order chi connectivity index (χ1) is 9.61. The Hall–Kier alpha value is -0.350. The maximum absolute atomic E-state index is 4.54. The molecule has 0 bridgehead atoms. The predicted octanol–water partition coefficient (Wildman–Crippen LogP) is 4.28. The molecule has 0 aromatic carbocycles. The quantitative estimate of drug-likeness (QED) is 0.782. The highest BCUT2D eigenvalue weighted by Crippen LogP contribution is 2.30. The molecule has 0 unspecified atom stereocenters. The van der Waals surface area contributed by atoms with Crippen molar-refractivity contribution in [2.24, 2.45) is 11.8 Å². The minimum absolute atomic E-state index is 0.915. The minimum Gasteiger partial charge on any atom is -0.311 e. The van der Waals surface area contributed by atoms with Crippen LogP contribution in [0.5, 0.6) is 0 Å². The lowest BCUT2D eigenvalue weighted by atomic mass is 9.81. The van der Waals surface area contributed by atoms with Gasteiger partial charge >= 0.3 is 0 Å². The highest BCUT2D eigenvalue weighted by atomic mass is 79.9. The van der Waals surface area contributed by atoms with Gasteiger partial charge in [0.25, 0.3) is 0 Å². The van der Waals surface area contributed by atoms with E-state index in [0.29, 0.717) is 0 Å². The molecule has 1 aromatic heterocycles. The SMILES string of the molecule is CCn1nc(C)c(Br)c1CNCCC1CCC(C)CC1. The molecule has 4 heteroatoms. The van der Waals surface area contributed by atoms with Crippen molar-refractivity contribution in [1.29, 1.82) is 0 Å². The number of halogens is 1. The van der Waals surface area contributed by atoms with Crippen molar-refractivity contribution < 1.29 is 0 Å². The predicted molar refractivity (Wildman–Crippen MR) is 87.8 cm³/mol. The highest BCUT2D eigenvalue weighted by Gasteiger charge is 2.18. The Kier molecular flexibility index (Phi) is 6.09. The van der Waals surface area contributed by atoms with E-state index in [1.807, 2.05) is 0 Å². The average molecular weight is 342 g/mol. The summed E-state index contributed by atoms with van der Waals surface area (Å²) >= 11 is 3.65. The van der Waals surface area contributed by atoms with Crippen LogP contribution in [0, 0.1) is 18.8 Å². The maximum Gasteiger partial charge on any atom is 0.0739 e. The third kappa shape index (κ3) is 4.08. The van der Waals surface area contributed by atoms with E-state index in [1.165, 1.54) is 42.3 Å². The summed E-state index contributed by atoms with van der Waals surface area (Å²) in [5, 5.41) is 8.13. The molecular weight excluding hydrogens is 314 g/mol. The second kappa shape index (κ2) is 7.60. The van der Waals surface area contributed by atoms with Gasteiger partial charge in [0.2, 0.25) is 0 Å². The minimum atomic E-state index is 0.915. The zero-order valence-corrected chi connectivity index (χ0v) is 14.7. The summed E-state index contributed by atoms with van der Waals surface area (Å²) in [5.41, 5.74) is 2.37. The number of rotatable bonds is 6. The lowest BCUT2D eigenvalue weighted by Crippen LogP contribution is -2.22. The Bertz CT molecular complexity index is 420. The van der Waals surface area contributed by atoms with E-state index in [-0.39, 0.29) is 0 Å². The Labute approximate surface area is 131 Å². The van der Waals surface area contributed by atoms with Crippen LogP contribution in [0.3, 0.4) is 0 Å². The van der Waals surface area contributed by atoms with Crippen LogP contribution in [-0.2, 0) is 13.1 Å². The van der Waals surface area contributed by atoms with Gasteiger partial charge < -0.3 is 5.32 Å². The molecule has 1 fully saturated rings. The summed E-state index contributed by atoms with van der Waals surface area (Å²) in [4.78, 5) is 0. The zero-order chi connectivity index (χ0) is 14.5. The van der Waals surface area contributed by atoms with Crippen LogP contribution in [0.1, 0.15) is 57.3 Å². The number of hydrogen-bond acceptors (Lipinski definition) is 2. The Morgan fingerprint density at radius 3 is 2.65 bits per heavy atom. The van der Waals surface area contributed by atoms with Crippen LogP contribution in [0.2, 0.25) is 0 Å². The second-order valence-corrected chi connectivity index (χ2v) is 7.05. The van der Waals surface area contributed by atoms with Crippen LogP contribution in [0.15, 0.2) is 4.47 Å². The molecule has 2 rings (SSSR count). The van der Waals surface area contributed by atoms with Crippen molar-refractivity contribution >= 4 is 15.9 Å². The standard InChI is InChI=1S/C16H28BrN3/c1-4-20-15(16(17)13(3)19-20)11-18-10-9-14-7-5-12(2)6-8-14/h12,14,18H,4-11H2,1-3H3. The topological polar surface area (TPSA) is 29.9 Å². The molecule has 0 atom stereocenters. The van der Waals surface area contributed by atoms with E-state index < -0.39 is 0 Å². The van der Waals surface area contributed by atoms with E-state index in [2.05, 4.69) is 51.8 Å². The molecule has 114 valence electrons. The van der Waals surface area contributed by atoms with E-state index in [9.17, 15) is 0 Å². The third-order valence-electron chi connectivity index (χ3n) is 4.61. The van der Waals surface area contributed by atoms with E-state index in [0.717, 1.165) is 37.2 Å². The smallest absolute Gasteiger partial charge is 0.0739 e. The third-order valence-corrected chi connectivity index (χ3v) is 5.64. The van der Waals surface area contributed by atoms with Crippen LogP contribution in [0.25, 0.3) is 0 Å². The van der Waals surface area contributed by atoms with Gasteiger partial charge in [0.15, 0.2) is 0 Å². The number of nitrogens with one attached hydrogen (secondary N) is 1. The molecule has 20 heavy (non-hydrogen) atoms. The number of hydrogen-bond donors (Lipinski definition) is 1. The molecule has 3 nitrogen and oxygen atoms in total. The molecule has 1 saturated carbocycles. The molecule has 0 spiro atoms. The first-order valence-corrected chi connectivity index (χ1v) is 8.83. The van der Waals surface area contributed by atoms with Crippen molar-refractivity contribution in [2.75, 3.05) is 6.54 Å². The summed E-state index contributed by atoms with van der Waals surface area (Å²) in [5.74, 6) is 1.90. The molecule has 1 aliphatic rings. The van der Waals surface area contributed by atoms with Gasteiger partial charge in [-0.1, -0.05) is 32.6 Å². The normalized spacial score (nSPS) is 23.2.